The molecular formula is C24H31NO3. The van der Waals surface area contributed by atoms with E-state index in [1.807, 2.05) is 36.4 Å². The van der Waals surface area contributed by atoms with Gasteiger partial charge in [0, 0.05) is 5.69 Å². The van der Waals surface area contributed by atoms with Crippen LogP contribution in [0.4, 0.5) is 5.69 Å². The van der Waals surface area contributed by atoms with Crippen molar-refractivity contribution in [2.24, 2.45) is 0 Å². The fraction of sp³-hybridized carbons (Fsp3) is 0.417. The lowest BCUT2D eigenvalue weighted by atomic mass is 9.87. The summed E-state index contributed by atoms with van der Waals surface area (Å²) in [7, 11) is 0. The Bertz CT molecular complexity index is 818. The zero-order valence-electron chi connectivity index (χ0n) is 17.7. The molecule has 0 saturated carbocycles. The molecule has 2 aromatic carbocycles. The smallest absolute Gasteiger partial charge is 0.338 e. The van der Waals surface area contributed by atoms with Crippen LogP contribution in [0, 0.1) is 0 Å². The second kappa shape index (κ2) is 9.05. The van der Waals surface area contributed by atoms with Crippen LogP contribution < -0.4 is 5.32 Å². The Morgan fingerprint density at radius 2 is 1.61 bits per heavy atom. The highest BCUT2D eigenvalue weighted by molar-refractivity contribution is 5.97. The first-order valence-electron chi connectivity index (χ1n) is 9.84. The number of nitrogens with one attached hydrogen (secondary N) is 1. The molecule has 0 aromatic heterocycles. The summed E-state index contributed by atoms with van der Waals surface area (Å²) < 4.78 is 5.37. The number of para-hydroxylation sites is 1. The van der Waals surface area contributed by atoms with Gasteiger partial charge >= 0.3 is 5.97 Å². The van der Waals surface area contributed by atoms with E-state index in [0.717, 1.165) is 23.2 Å². The zero-order chi connectivity index (χ0) is 20.9. The molecule has 1 N–H and O–H groups in total. The van der Waals surface area contributed by atoms with Crippen molar-refractivity contribution in [3.63, 3.8) is 0 Å². The Morgan fingerprint density at radius 1 is 1.00 bits per heavy atom. The maximum atomic E-state index is 12.5. The first-order chi connectivity index (χ1) is 13.1. The Morgan fingerprint density at radius 3 is 2.18 bits per heavy atom. The van der Waals surface area contributed by atoms with Gasteiger partial charge < -0.3 is 10.1 Å². The van der Waals surface area contributed by atoms with E-state index >= 15 is 0 Å². The second-order valence-electron chi connectivity index (χ2n) is 8.26. The molecule has 4 heteroatoms. The number of carbonyl (C=O) groups excluding carboxylic acids is 2. The van der Waals surface area contributed by atoms with Crippen LogP contribution in [0.3, 0.4) is 0 Å². The highest BCUT2D eigenvalue weighted by Crippen LogP contribution is 2.27. The lowest BCUT2D eigenvalue weighted by Crippen LogP contribution is -2.30. The number of esters is 1. The van der Waals surface area contributed by atoms with Gasteiger partial charge in [-0.05, 0) is 54.0 Å². The van der Waals surface area contributed by atoms with E-state index in [-0.39, 0.29) is 11.3 Å². The van der Waals surface area contributed by atoms with Crippen LogP contribution in [0.1, 0.15) is 75.4 Å². The lowest BCUT2D eigenvalue weighted by Gasteiger charge is -2.19. The molecule has 0 unspecified atom stereocenters. The predicted molar refractivity (Wildman–Crippen MR) is 114 cm³/mol. The molecule has 0 saturated heterocycles. The van der Waals surface area contributed by atoms with E-state index in [0.29, 0.717) is 11.5 Å². The van der Waals surface area contributed by atoms with Crippen molar-refractivity contribution >= 4 is 17.6 Å². The minimum absolute atomic E-state index is 0.0125. The Labute approximate surface area is 168 Å². The number of carbonyl (C=O) groups is 2. The lowest BCUT2D eigenvalue weighted by molar-refractivity contribution is -0.123. The molecule has 0 aliphatic carbocycles. The standard InChI is InChI=1S/C24H31NO3/c1-7-16(2)20-10-8-9-11-21(20)25-22(26)17(3)28-23(27)18-12-14-19(15-13-18)24(4,5)6/h8-17H,7H2,1-6H3,(H,25,26)/t16-,17+/m1/s1. The number of amides is 1. The van der Waals surface area contributed by atoms with Gasteiger partial charge in [0.05, 0.1) is 5.56 Å². The number of rotatable bonds is 6. The fourth-order valence-electron chi connectivity index (χ4n) is 2.88. The van der Waals surface area contributed by atoms with Crippen molar-refractivity contribution in [2.75, 3.05) is 5.32 Å². The molecular weight excluding hydrogens is 350 g/mol. The fourth-order valence-corrected chi connectivity index (χ4v) is 2.88. The first-order valence-corrected chi connectivity index (χ1v) is 9.84. The molecule has 0 aliphatic heterocycles. The largest absolute Gasteiger partial charge is 0.449 e. The van der Waals surface area contributed by atoms with Gasteiger partial charge in [-0.25, -0.2) is 4.79 Å². The molecule has 0 fully saturated rings. The highest BCUT2D eigenvalue weighted by Gasteiger charge is 2.21. The van der Waals surface area contributed by atoms with Crippen LogP contribution in [0.25, 0.3) is 0 Å². The molecule has 150 valence electrons. The minimum atomic E-state index is -0.889. The van der Waals surface area contributed by atoms with Gasteiger partial charge in [-0.15, -0.1) is 0 Å². The van der Waals surface area contributed by atoms with Gasteiger partial charge in [0.2, 0.25) is 0 Å². The summed E-state index contributed by atoms with van der Waals surface area (Å²) in [6.07, 6.45) is 0.0851. The van der Waals surface area contributed by atoms with Gasteiger partial charge in [-0.1, -0.05) is 65.0 Å². The number of hydrogen-bond acceptors (Lipinski definition) is 3. The third-order valence-corrected chi connectivity index (χ3v) is 5.00. The normalized spacial score (nSPS) is 13.5. The van der Waals surface area contributed by atoms with Crippen molar-refractivity contribution in [1.29, 1.82) is 0 Å². The Hall–Kier alpha value is -2.62. The van der Waals surface area contributed by atoms with Crippen LogP contribution in [0.2, 0.25) is 0 Å². The van der Waals surface area contributed by atoms with Crippen molar-refractivity contribution < 1.29 is 14.3 Å². The van der Waals surface area contributed by atoms with Gasteiger partial charge in [0.1, 0.15) is 0 Å². The van der Waals surface area contributed by atoms with E-state index in [9.17, 15) is 9.59 Å². The molecule has 1 amide bonds. The molecule has 2 atom stereocenters. The quantitative estimate of drug-likeness (QED) is 0.655. The van der Waals surface area contributed by atoms with Crippen LogP contribution in [0.5, 0.6) is 0 Å². The van der Waals surface area contributed by atoms with Crippen molar-refractivity contribution in [2.45, 2.75) is 65.4 Å². The molecule has 2 aromatic rings. The zero-order valence-corrected chi connectivity index (χ0v) is 17.7. The van der Waals surface area contributed by atoms with E-state index in [2.05, 4.69) is 39.9 Å². The minimum Gasteiger partial charge on any atom is -0.449 e. The summed E-state index contributed by atoms with van der Waals surface area (Å²) in [6.45, 7) is 12.2. The average molecular weight is 382 g/mol. The van der Waals surface area contributed by atoms with Crippen molar-refractivity contribution in [1.82, 2.24) is 0 Å². The topological polar surface area (TPSA) is 55.4 Å². The van der Waals surface area contributed by atoms with E-state index in [1.165, 1.54) is 0 Å². The SMILES string of the molecule is CC[C@@H](C)c1ccccc1NC(=O)[C@H](C)OC(=O)c1ccc(C(C)(C)C)cc1. The van der Waals surface area contributed by atoms with Gasteiger partial charge in [-0.2, -0.15) is 0 Å². The third-order valence-electron chi connectivity index (χ3n) is 5.00. The van der Waals surface area contributed by atoms with Crippen LogP contribution in [0.15, 0.2) is 48.5 Å². The summed E-state index contributed by atoms with van der Waals surface area (Å²) >= 11 is 0. The maximum Gasteiger partial charge on any atom is 0.338 e. The number of hydrogen-bond donors (Lipinski definition) is 1. The molecule has 0 spiro atoms. The van der Waals surface area contributed by atoms with Crippen LogP contribution in [-0.4, -0.2) is 18.0 Å². The Kier molecular flexibility index (Phi) is 7.00. The first kappa shape index (κ1) is 21.7. The summed E-state index contributed by atoms with van der Waals surface area (Å²) in [4.78, 5) is 24.9. The molecule has 0 radical (unpaired) electrons. The van der Waals surface area contributed by atoms with E-state index < -0.39 is 12.1 Å². The van der Waals surface area contributed by atoms with Gasteiger partial charge in [-0.3, -0.25) is 4.79 Å². The van der Waals surface area contributed by atoms with E-state index in [1.54, 1.807) is 19.1 Å². The van der Waals surface area contributed by atoms with Crippen molar-refractivity contribution in [3.05, 3.63) is 65.2 Å². The monoisotopic (exact) mass is 381 g/mol. The number of anilines is 1. The van der Waals surface area contributed by atoms with Crippen LogP contribution >= 0.6 is 0 Å². The third kappa shape index (κ3) is 5.44. The number of benzene rings is 2. The average Bonchev–Trinajstić information content (AvgIpc) is 2.67. The second-order valence-corrected chi connectivity index (χ2v) is 8.26. The Balaban J connectivity index is 2.04. The highest BCUT2D eigenvalue weighted by atomic mass is 16.5. The molecule has 4 nitrogen and oxygen atoms in total. The molecule has 2 rings (SSSR count). The summed E-state index contributed by atoms with van der Waals surface area (Å²) in [5.41, 5.74) is 3.43. The summed E-state index contributed by atoms with van der Waals surface area (Å²) in [5, 5.41) is 2.90. The van der Waals surface area contributed by atoms with Crippen LogP contribution in [-0.2, 0) is 14.9 Å². The molecule has 0 bridgehead atoms. The number of ether oxygens (including phenoxy) is 1. The summed E-state index contributed by atoms with van der Waals surface area (Å²) in [6, 6.07) is 15.1. The predicted octanol–water partition coefficient (Wildman–Crippen LogP) is 5.68. The molecule has 28 heavy (non-hydrogen) atoms. The molecule has 0 aliphatic rings. The van der Waals surface area contributed by atoms with Gasteiger partial charge in [0.25, 0.3) is 5.91 Å². The van der Waals surface area contributed by atoms with Gasteiger partial charge in [0.15, 0.2) is 6.10 Å². The molecule has 0 heterocycles. The maximum absolute atomic E-state index is 12.5. The summed E-state index contributed by atoms with van der Waals surface area (Å²) in [5.74, 6) is -0.510. The van der Waals surface area contributed by atoms with Crippen molar-refractivity contribution in [3.8, 4) is 0 Å². The van der Waals surface area contributed by atoms with E-state index in [4.69, 9.17) is 4.74 Å².